The van der Waals surface area contributed by atoms with E-state index >= 15 is 0 Å². The number of carbonyl (C=O) groups excluding carboxylic acids is 2. The molecule has 5 heteroatoms. The Hall–Kier alpha value is -2.43. The van der Waals surface area contributed by atoms with E-state index in [1.54, 1.807) is 19.9 Å². The van der Waals surface area contributed by atoms with Crippen molar-refractivity contribution in [1.82, 2.24) is 0 Å². The molecule has 0 atom stereocenters. The third-order valence-corrected chi connectivity index (χ3v) is 2.78. The van der Waals surface area contributed by atoms with Gasteiger partial charge in [-0.25, -0.2) is 4.39 Å². The molecule has 0 saturated carbocycles. The molecule has 2 aromatic rings. The number of amides is 1. The van der Waals surface area contributed by atoms with Crippen molar-refractivity contribution in [2.24, 2.45) is 5.92 Å². The molecule has 20 heavy (non-hydrogen) atoms. The van der Waals surface area contributed by atoms with Crippen molar-refractivity contribution in [2.45, 2.75) is 13.8 Å². The number of furan rings is 1. The molecule has 0 bridgehead atoms. The largest absolute Gasteiger partial charge is 0.453 e. The van der Waals surface area contributed by atoms with E-state index in [-0.39, 0.29) is 23.3 Å². The molecule has 1 N–H and O–H groups in total. The van der Waals surface area contributed by atoms with Crippen LogP contribution in [0.15, 0.2) is 34.7 Å². The highest BCUT2D eigenvalue weighted by molar-refractivity contribution is 5.92. The van der Waals surface area contributed by atoms with Gasteiger partial charge in [-0.15, -0.1) is 0 Å². The van der Waals surface area contributed by atoms with Gasteiger partial charge in [0.1, 0.15) is 11.6 Å². The van der Waals surface area contributed by atoms with Gasteiger partial charge in [-0.05, 0) is 30.3 Å². The van der Waals surface area contributed by atoms with E-state index in [2.05, 4.69) is 5.32 Å². The van der Waals surface area contributed by atoms with E-state index in [4.69, 9.17) is 4.42 Å². The summed E-state index contributed by atoms with van der Waals surface area (Å²) in [4.78, 5) is 22.2. The second kappa shape index (κ2) is 5.69. The highest BCUT2D eigenvalue weighted by Crippen LogP contribution is 2.26. The van der Waals surface area contributed by atoms with Gasteiger partial charge in [0.15, 0.2) is 12.0 Å². The van der Waals surface area contributed by atoms with Gasteiger partial charge >= 0.3 is 0 Å². The van der Waals surface area contributed by atoms with Gasteiger partial charge < -0.3 is 9.73 Å². The van der Waals surface area contributed by atoms with Crippen molar-refractivity contribution < 1.29 is 18.4 Å². The molecule has 2 rings (SSSR count). The number of hydrogen-bond acceptors (Lipinski definition) is 3. The molecular weight excluding hydrogens is 261 g/mol. The lowest BCUT2D eigenvalue weighted by Crippen LogP contribution is -2.18. The molecule has 0 aliphatic carbocycles. The fraction of sp³-hybridized carbons (Fsp3) is 0.200. The minimum absolute atomic E-state index is 0.0882. The molecule has 104 valence electrons. The topological polar surface area (TPSA) is 59.3 Å². The van der Waals surface area contributed by atoms with Gasteiger partial charge in [0.2, 0.25) is 5.91 Å². The van der Waals surface area contributed by atoms with Crippen LogP contribution in [0.3, 0.4) is 0 Å². The van der Waals surface area contributed by atoms with Crippen LogP contribution in [-0.2, 0) is 4.79 Å². The Labute approximate surface area is 115 Å². The number of benzene rings is 1. The van der Waals surface area contributed by atoms with Gasteiger partial charge in [-0.1, -0.05) is 13.8 Å². The lowest BCUT2D eigenvalue weighted by Gasteiger charge is -2.09. The smallest absolute Gasteiger partial charge is 0.227 e. The summed E-state index contributed by atoms with van der Waals surface area (Å²) in [6.45, 7) is 3.44. The van der Waals surface area contributed by atoms with E-state index in [1.165, 1.54) is 24.3 Å². The van der Waals surface area contributed by atoms with Crippen LogP contribution in [0.25, 0.3) is 11.3 Å². The minimum atomic E-state index is -0.523. The van der Waals surface area contributed by atoms with Crippen LogP contribution >= 0.6 is 0 Å². The zero-order valence-corrected chi connectivity index (χ0v) is 11.1. The average Bonchev–Trinajstić information content (AvgIpc) is 2.89. The highest BCUT2D eigenvalue weighted by Gasteiger charge is 2.12. The fourth-order valence-electron chi connectivity index (χ4n) is 1.62. The second-order valence-corrected chi connectivity index (χ2v) is 4.66. The number of rotatable bonds is 4. The van der Waals surface area contributed by atoms with Crippen LogP contribution < -0.4 is 5.32 Å². The maximum Gasteiger partial charge on any atom is 0.227 e. The first kappa shape index (κ1) is 14.0. The van der Waals surface area contributed by atoms with E-state index in [0.717, 1.165) is 0 Å². The Bertz CT molecular complexity index is 646. The maximum absolute atomic E-state index is 13.7. The zero-order chi connectivity index (χ0) is 14.7. The number of halogens is 1. The minimum Gasteiger partial charge on any atom is -0.453 e. The third-order valence-electron chi connectivity index (χ3n) is 2.78. The summed E-state index contributed by atoms with van der Waals surface area (Å²) in [6.07, 6.45) is 0.592. The second-order valence-electron chi connectivity index (χ2n) is 4.66. The molecule has 0 spiro atoms. The SMILES string of the molecule is CC(C)C(=O)Nc1cc(-c2ccc(C=O)o2)ccc1F. The summed E-state index contributed by atoms with van der Waals surface area (Å²) in [5.41, 5.74) is 0.670. The molecule has 0 aliphatic heterocycles. The monoisotopic (exact) mass is 275 g/mol. The molecular formula is C15H14FNO3. The number of nitrogens with one attached hydrogen (secondary N) is 1. The zero-order valence-electron chi connectivity index (χ0n) is 11.1. The molecule has 0 aliphatic rings. The van der Waals surface area contributed by atoms with Gasteiger partial charge in [-0.2, -0.15) is 0 Å². The van der Waals surface area contributed by atoms with Crippen LogP contribution in [-0.4, -0.2) is 12.2 Å². The molecule has 0 saturated heterocycles. The normalized spacial score (nSPS) is 10.6. The van der Waals surface area contributed by atoms with Crippen LogP contribution in [0, 0.1) is 11.7 Å². The Kier molecular flexibility index (Phi) is 3.98. The summed E-state index contributed by atoms with van der Waals surface area (Å²) < 4.78 is 18.9. The van der Waals surface area contributed by atoms with E-state index in [9.17, 15) is 14.0 Å². The van der Waals surface area contributed by atoms with Gasteiger partial charge in [0, 0.05) is 11.5 Å². The number of aldehydes is 1. The summed E-state index contributed by atoms with van der Waals surface area (Å²) in [7, 11) is 0. The van der Waals surface area contributed by atoms with Crippen molar-refractivity contribution in [2.75, 3.05) is 5.32 Å². The summed E-state index contributed by atoms with van der Waals surface area (Å²) in [5, 5.41) is 2.52. The van der Waals surface area contributed by atoms with Crippen molar-refractivity contribution in [1.29, 1.82) is 0 Å². The summed E-state index contributed by atoms with van der Waals surface area (Å²) in [5.74, 6) is -0.411. The van der Waals surface area contributed by atoms with Crippen molar-refractivity contribution in [3.05, 3.63) is 41.9 Å². The number of anilines is 1. The van der Waals surface area contributed by atoms with Crippen molar-refractivity contribution in [3.8, 4) is 11.3 Å². The Morgan fingerprint density at radius 2 is 2.05 bits per heavy atom. The lowest BCUT2D eigenvalue weighted by molar-refractivity contribution is -0.118. The number of carbonyl (C=O) groups is 2. The summed E-state index contributed by atoms with van der Waals surface area (Å²) in [6, 6.07) is 7.38. The quantitative estimate of drug-likeness (QED) is 0.869. The van der Waals surface area contributed by atoms with E-state index < -0.39 is 5.82 Å². The molecule has 1 amide bonds. The molecule has 0 unspecified atom stereocenters. The molecule has 1 heterocycles. The fourth-order valence-corrected chi connectivity index (χ4v) is 1.62. The first-order valence-corrected chi connectivity index (χ1v) is 6.17. The van der Waals surface area contributed by atoms with Crippen LogP contribution in [0.5, 0.6) is 0 Å². The first-order chi connectivity index (χ1) is 9.51. The molecule has 0 radical (unpaired) electrons. The Morgan fingerprint density at radius 3 is 2.65 bits per heavy atom. The predicted molar refractivity (Wildman–Crippen MR) is 73.0 cm³/mol. The van der Waals surface area contributed by atoms with Crippen LogP contribution in [0.1, 0.15) is 24.4 Å². The molecule has 1 aromatic heterocycles. The first-order valence-electron chi connectivity index (χ1n) is 6.17. The molecule has 4 nitrogen and oxygen atoms in total. The van der Waals surface area contributed by atoms with Gasteiger partial charge in [0.25, 0.3) is 0 Å². The number of hydrogen-bond donors (Lipinski definition) is 1. The molecule has 0 fully saturated rings. The van der Waals surface area contributed by atoms with Crippen LogP contribution in [0.4, 0.5) is 10.1 Å². The van der Waals surface area contributed by atoms with Crippen LogP contribution in [0.2, 0.25) is 0 Å². The third kappa shape index (κ3) is 2.93. The lowest BCUT2D eigenvalue weighted by atomic mass is 10.1. The van der Waals surface area contributed by atoms with Gasteiger partial charge in [0.05, 0.1) is 5.69 Å². The molecule has 1 aromatic carbocycles. The van der Waals surface area contributed by atoms with Crippen molar-refractivity contribution >= 4 is 17.9 Å². The van der Waals surface area contributed by atoms with E-state index in [1.807, 2.05) is 0 Å². The Morgan fingerprint density at radius 1 is 1.30 bits per heavy atom. The van der Waals surface area contributed by atoms with E-state index in [0.29, 0.717) is 17.6 Å². The highest BCUT2D eigenvalue weighted by atomic mass is 19.1. The average molecular weight is 275 g/mol. The standard InChI is InChI=1S/C15H14FNO3/c1-9(2)15(19)17-13-7-10(3-5-12(13)16)14-6-4-11(8-18)20-14/h3-9H,1-2H3,(H,17,19). The Balaban J connectivity index is 2.32. The van der Waals surface area contributed by atoms with Gasteiger partial charge in [-0.3, -0.25) is 9.59 Å². The summed E-state index contributed by atoms with van der Waals surface area (Å²) >= 11 is 0. The maximum atomic E-state index is 13.7. The predicted octanol–water partition coefficient (Wildman–Crippen LogP) is 3.49. The van der Waals surface area contributed by atoms with Crippen molar-refractivity contribution in [3.63, 3.8) is 0 Å².